The number of nitrogens with one attached hydrogen (secondary N) is 1. The van der Waals surface area contributed by atoms with E-state index in [4.69, 9.17) is 0 Å². The van der Waals surface area contributed by atoms with Gasteiger partial charge >= 0.3 is 0 Å². The van der Waals surface area contributed by atoms with E-state index in [0.717, 1.165) is 43.7 Å². The average Bonchev–Trinajstić information content (AvgIpc) is 2.65. The minimum absolute atomic E-state index is 0.0104. The molecule has 1 aliphatic rings. The van der Waals surface area contributed by atoms with E-state index in [2.05, 4.69) is 38.9 Å². The van der Waals surface area contributed by atoms with Crippen LogP contribution in [0.25, 0.3) is 10.9 Å². The molecule has 2 heterocycles. The van der Waals surface area contributed by atoms with Crippen molar-refractivity contribution in [1.82, 2.24) is 20.2 Å². The molecule has 0 aliphatic carbocycles. The molecule has 1 aromatic heterocycles. The first-order valence-electron chi connectivity index (χ1n) is 9.83. The highest BCUT2D eigenvalue weighted by Gasteiger charge is 2.28. The lowest BCUT2D eigenvalue weighted by Gasteiger charge is -2.34. The molecule has 1 aromatic carbocycles. The molecular formula is C21H30FN5O. The maximum Gasteiger partial charge on any atom is 0.223 e. The first-order valence-corrected chi connectivity index (χ1v) is 9.83. The van der Waals surface area contributed by atoms with E-state index in [-0.39, 0.29) is 23.1 Å². The Kier molecular flexibility index (Phi) is 6.13. The van der Waals surface area contributed by atoms with Crippen molar-refractivity contribution in [3.63, 3.8) is 0 Å². The smallest absolute Gasteiger partial charge is 0.223 e. The Bertz CT molecular complexity index is 831. The molecule has 6 nitrogen and oxygen atoms in total. The number of hydrogen-bond donors (Lipinski definition) is 1. The Labute approximate surface area is 166 Å². The zero-order chi connectivity index (χ0) is 20.3. The minimum Gasteiger partial charge on any atom is -0.356 e. The summed E-state index contributed by atoms with van der Waals surface area (Å²) in [5, 5.41) is 3.85. The predicted octanol–water partition coefficient (Wildman–Crippen LogP) is 2.69. The van der Waals surface area contributed by atoms with Gasteiger partial charge < -0.3 is 15.1 Å². The molecule has 3 rings (SSSR count). The van der Waals surface area contributed by atoms with Gasteiger partial charge in [-0.1, -0.05) is 19.9 Å². The van der Waals surface area contributed by atoms with E-state index in [1.54, 1.807) is 6.07 Å². The molecule has 0 saturated carbocycles. The first-order chi connectivity index (χ1) is 13.3. The number of anilines is 1. The summed E-state index contributed by atoms with van der Waals surface area (Å²) in [6, 6.07) is 4.94. The molecule has 28 heavy (non-hydrogen) atoms. The van der Waals surface area contributed by atoms with Gasteiger partial charge in [-0.3, -0.25) is 4.79 Å². The molecule has 0 bridgehead atoms. The van der Waals surface area contributed by atoms with Crippen molar-refractivity contribution < 1.29 is 9.18 Å². The van der Waals surface area contributed by atoms with Gasteiger partial charge in [-0.2, -0.15) is 0 Å². The Hall–Kier alpha value is -2.28. The third kappa shape index (κ3) is 4.76. The van der Waals surface area contributed by atoms with Crippen molar-refractivity contribution in [3.8, 4) is 0 Å². The molecule has 0 radical (unpaired) electrons. The van der Waals surface area contributed by atoms with E-state index in [1.807, 2.05) is 20.2 Å². The third-order valence-electron chi connectivity index (χ3n) is 5.25. The van der Waals surface area contributed by atoms with Crippen LogP contribution < -0.4 is 10.2 Å². The predicted molar refractivity (Wildman–Crippen MR) is 110 cm³/mol. The van der Waals surface area contributed by atoms with Gasteiger partial charge in [0.15, 0.2) is 0 Å². The standard InChI is InChI=1S/C21H30FN5O/c1-21(2,13-26(3)4)12-23-20(28)15-8-10-27(11-9-15)19-16-6-5-7-17(22)18(16)24-14-25-19/h5-7,14-15H,8-13H2,1-4H3,(H,23,28). The van der Waals surface area contributed by atoms with Gasteiger partial charge in [0.05, 0.1) is 0 Å². The Morgan fingerprint density at radius 3 is 2.68 bits per heavy atom. The van der Waals surface area contributed by atoms with Crippen LogP contribution in [0.4, 0.5) is 10.2 Å². The maximum absolute atomic E-state index is 14.0. The van der Waals surface area contributed by atoms with E-state index >= 15 is 0 Å². The van der Waals surface area contributed by atoms with Gasteiger partial charge in [0.1, 0.15) is 23.5 Å². The molecule has 0 atom stereocenters. The fourth-order valence-electron chi connectivity index (χ4n) is 4.03. The van der Waals surface area contributed by atoms with Gasteiger partial charge in [-0.25, -0.2) is 14.4 Å². The van der Waals surface area contributed by atoms with Crippen LogP contribution in [0.5, 0.6) is 0 Å². The summed E-state index contributed by atoms with van der Waals surface area (Å²) in [7, 11) is 4.09. The summed E-state index contributed by atoms with van der Waals surface area (Å²) in [5.74, 6) is 0.549. The Balaban J connectivity index is 1.59. The minimum atomic E-state index is -0.337. The average molecular weight is 388 g/mol. The highest BCUT2D eigenvalue weighted by molar-refractivity contribution is 5.89. The van der Waals surface area contributed by atoms with E-state index in [1.165, 1.54) is 12.4 Å². The highest BCUT2D eigenvalue weighted by Crippen LogP contribution is 2.28. The van der Waals surface area contributed by atoms with E-state index < -0.39 is 0 Å². The zero-order valence-corrected chi connectivity index (χ0v) is 17.2. The molecule has 2 aromatic rings. The quantitative estimate of drug-likeness (QED) is 0.826. The summed E-state index contributed by atoms with van der Waals surface area (Å²) in [4.78, 5) is 25.3. The fraction of sp³-hybridized carbons (Fsp3) is 0.571. The third-order valence-corrected chi connectivity index (χ3v) is 5.25. The summed E-state index contributed by atoms with van der Waals surface area (Å²) in [6.07, 6.45) is 2.94. The number of para-hydroxylation sites is 1. The van der Waals surface area contributed by atoms with Crippen LogP contribution in [0, 0.1) is 17.2 Å². The lowest BCUT2D eigenvalue weighted by Crippen LogP contribution is -2.45. The monoisotopic (exact) mass is 387 g/mol. The SMILES string of the molecule is CN(C)CC(C)(C)CNC(=O)C1CCN(c2ncnc3c(F)cccc23)CC1. The highest BCUT2D eigenvalue weighted by atomic mass is 19.1. The van der Waals surface area contributed by atoms with Crippen LogP contribution in [-0.2, 0) is 4.79 Å². The number of hydrogen-bond acceptors (Lipinski definition) is 5. The van der Waals surface area contributed by atoms with Crippen LogP contribution in [0.15, 0.2) is 24.5 Å². The van der Waals surface area contributed by atoms with Gasteiger partial charge in [0.2, 0.25) is 5.91 Å². The van der Waals surface area contributed by atoms with Crippen LogP contribution in [0.1, 0.15) is 26.7 Å². The zero-order valence-electron chi connectivity index (χ0n) is 17.2. The summed E-state index contributed by atoms with van der Waals surface area (Å²) in [6.45, 7) is 7.36. The van der Waals surface area contributed by atoms with Crippen molar-refractivity contribution >= 4 is 22.6 Å². The maximum atomic E-state index is 14.0. The summed E-state index contributed by atoms with van der Waals surface area (Å²) >= 11 is 0. The van der Waals surface area contributed by atoms with Crippen LogP contribution in [0.2, 0.25) is 0 Å². The molecule has 1 N–H and O–H groups in total. The Morgan fingerprint density at radius 1 is 1.29 bits per heavy atom. The van der Waals surface area contributed by atoms with Crippen molar-refractivity contribution in [2.24, 2.45) is 11.3 Å². The number of halogens is 1. The lowest BCUT2D eigenvalue weighted by molar-refractivity contribution is -0.126. The Morgan fingerprint density at radius 2 is 2.00 bits per heavy atom. The molecule has 1 aliphatic heterocycles. The summed E-state index contributed by atoms with van der Waals surface area (Å²) in [5.41, 5.74) is 0.375. The van der Waals surface area contributed by atoms with E-state index in [9.17, 15) is 9.18 Å². The van der Waals surface area contributed by atoms with Crippen LogP contribution >= 0.6 is 0 Å². The van der Waals surface area contributed by atoms with Gasteiger partial charge in [-0.15, -0.1) is 0 Å². The lowest BCUT2D eigenvalue weighted by atomic mass is 9.91. The van der Waals surface area contributed by atoms with E-state index in [0.29, 0.717) is 12.1 Å². The van der Waals surface area contributed by atoms with Crippen molar-refractivity contribution in [2.75, 3.05) is 45.2 Å². The number of benzene rings is 1. The van der Waals surface area contributed by atoms with Gasteiger partial charge in [0.25, 0.3) is 0 Å². The molecule has 1 saturated heterocycles. The number of piperidine rings is 1. The summed E-state index contributed by atoms with van der Waals surface area (Å²) < 4.78 is 14.0. The van der Waals surface area contributed by atoms with Crippen molar-refractivity contribution in [3.05, 3.63) is 30.3 Å². The topological polar surface area (TPSA) is 61.4 Å². The number of aromatic nitrogens is 2. The number of rotatable bonds is 6. The molecule has 1 fully saturated rings. The first kappa shape index (κ1) is 20.5. The van der Waals surface area contributed by atoms with Crippen LogP contribution in [0.3, 0.4) is 0 Å². The van der Waals surface area contributed by atoms with Crippen LogP contribution in [-0.4, -0.2) is 61.0 Å². The second-order valence-corrected chi connectivity index (χ2v) is 8.71. The molecule has 0 spiro atoms. The number of fused-ring (bicyclic) bond motifs is 1. The fourth-order valence-corrected chi connectivity index (χ4v) is 4.03. The number of carbonyl (C=O) groups is 1. The molecule has 0 unspecified atom stereocenters. The van der Waals surface area contributed by atoms with Gasteiger partial charge in [-0.05, 0) is 44.5 Å². The molecular weight excluding hydrogens is 357 g/mol. The largest absolute Gasteiger partial charge is 0.356 e. The molecule has 1 amide bonds. The second-order valence-electron chi connectivity index (χ2n) is 8.71. The van der Waals surface area contributed by atoms with Crippen molar-refractivity contribution in [1.29, 1.82) is 0 Å². The molecule has 152 valence electrons. The number of nitrogens with zero attached hydrogens (tertiary/aromatic N) is 4. The number of carbonyl (C=O) groups excluding carboxylic acids is 1. The second kappa shape index (κ2) is 8.39. The van der Waals surface area contributed by atoms with Gasteiger partial charge in [0, 0.05) is 37.5 Å². The van der Waals surface area contributed by atoms with Crippen molar-refractivity contribution in [2.45, 2.75) is 26.7 Å². The normalized spacial score (nSPS) is 16.0. The number of amides is 1. The molecule has 7 heteroatoms.